The summed E-state index contributed by atoms with van der Waals surface area (Å²) in [6.07, 6.45) is 18.3. The molecule has 31 nitrogen and oxygen atoms in total. The maximum absolute atomic E-state index is 12.2. The standard InChI is InChI=1S/C26H28N6O2.C26H30N6O2.C22H22N6O3.C19H17N5O/c1-16-4-6-19(12-16)34-20-8-10-27-23(15-20)22-9-11-28-26(31-22)29-18-5-7-21-17(13-18)14-24(30-21)25(33)32(2)3;1-6-26(2,3)16-34-19-9-11-27-22(15-19)21-10-12-28-25(31-21)29-18-7-8-20-17(13-18)14-23(30-20)24(33)32(4)5;1-28(2)21(30)20-12-14-11-15(3-4-17(14)26-20)25-22-24-8-6-18(27-22)19-13-16(5-7-23-19)31-10-9-29;1-12-9-13-10-14(3-4-16(13)22-12)23-19-21-8-6-17(24-19)18-11-15(25-2)5-7-20-18/h5,7-11,13-16,19,30H,4,6,12H2,1-3H3,(H,28,29,31);7-15,30H,6,16H2,1-5H3,(H,28,29,31);3-8,11-13,26,29H,9-10H2,1-2H3,(H,24,25,27);3-11,22H,1-2H3,(H,21,23,24). The van der Waals surface area contributed by atoms with Crippen LogP contribution >= 0.6 is 0 Å². The van der Waals surface area contributed by atoms with E-state index in [1.54, 1.807) is 133 Å². The molecule has 12 heterocycles. The van der Waals surface area contributed by atoms with E-state index in [-0.39, 0.29) is 42.5 Å². The monoisotopic (exact) mass is 1660 g/mol. The van der Waals surface area contributed by atoms with Crippen LogP contribution in [0, 0.1) is 18.3 Å². The molecule has 17 rings (SSSR count). The van der Waals surface area contributed by atoms with Crippen molar-refractivity contribution in [2.45, 2.75) is 66.4 Å². The van der Waals surface area contributed by atoms with Crippen molar-refractivity contribution in [1.29, 1.82) is 0 Å². The van der Waals surface area contributed by atoms with E-state index in [0.717, 1.165) is 126 Å². The molecule has 9 N–H and O–H groups in total. The third-order valence-corrected chi connectivity index (χ3v) is 20.3. The van der Waals surface area contributed by atoms with Gasteiger partial charge < -0.3 is 80.0 Å². The number of aromatic nitrogens is 16. The normalized spacial score (nSPS) is 12.8. The fourth-order valence-corrected chi connectivity index (χ4v) is 13.4. The Balaban J connectivity index is 0.000000135. The highest BCUT2D eigenvalue weighted by Gasteiger charge is 2.24. The van der Waals surface area contributed by atoms with Crippen LogP contribution in [0.2, 0.25) is 0 Å². The number of rotatable bonds is 25. The maximum Gasteiger partial charge on any atom is 0.269 e. The molecule has 3 amide bonds. The van der Waals surface area contributed by atoms with Crippen LogP contribution in [0.15, 0.2) is 219 Å². The summed E-state index contributed by atoms with van der Waals surface area (Å²) in [6.45, 7) is 11.6. The number of aromatic amines is 4. The molecule has 0 saturated heterocycles. The van der Waals surface area contributed by atoms with Crippen molar-refractivity contribution in [2.24, 2.45) is 11.3 Å². The van der Waals surface area contributed by atoms with E-state index in [2.05, 4.69) is 141 Å². The zero-order valence-corrected chi connectivity index (χ0v) is 70.9. The van der Waals surface area contributed by atoms with Gasteiger partial charge in [-0.05, 0) is 190 Å². The van der Waals surface area contributed by atoms with Crippen molar-refractivity contribution >= 4 is 108 Å². The molecular weight excluding hydrogens is 1570 g/mol. The van der Waals surface area contributed by atoms with Gasteiger partial charge in [-0.2, -0.15) is 0 Å². The molecule has 4 aromatic carbocycles. The summed E-state index contributed by atoms with van der Waals surface area (Å²) in [7, 11) is 12.0. The van der Waals surface area contributed by atoms with E-state index in [1.165, 1.54) is 11.3 Å². The second-order valence-corrected chi connectivity index (χ2v) is 31.1. The molecule has 124 heavy (non-hydrogen) atoms. The van der Waals surface area contributed by atoms with Crippen LogP contribution < -0.4 is 40.2 Å². The molecule has 2 unspecified atom stereocenters. The van der Waals surface area contributed by atoms with Crippen LogP contribution in [0.4, 0.5) is 46.5 Å². The smallest absolute Gasteiger partial charge is 0.269 e. The molecule has 0 aliphatic heterocycles. The average Bonchev–Trinajstić information content (AvgIpc) is 1.63. The quantitative estimate of drug-likeness (QED) is 0.0257. The first-order valence-electron chi connectivity index (χ1n) is 40.4. The minimum atomic E-state index is -0.0838. The molecular formula is C93H97N23O8. The Hall–Kier alpha value is -15.3. The van der Waals surface area contributed by atoms with E-state index in [1.807, 2.05) is 140 Å². The van der Waals surface area contributed by atoms with Gasteiger partial charge in [-0.1, -0.05) is 27.7 Å². The first-order chi connectivity index (χ1) is 59.9. The lowest BCUT2D eigenvalue weighted by atomic mass is 9.92. The van der Waals surface area contributed by atoms with E-state index < -0.39 is 0 Å². The summed E-state index contributed by atoms with van der Waals surface area (Å²) >= 11 is 0. The lowest BCUT2D eigenvalue weighted by Crippen LogP contribution is -2.21. The Labute approximate surface area is 716 Å². The fourth-order valence-electron chi connectivity index (χ4n) is 13.4. The number of anilines is 8. The van der Waals surface area contributed by atoms with Gasteiger partial charge in [0.2, 0.25) is 23.8 Å². The third-order valence-electron chi connectivity index (χ3n) is 20.3. The highest BCUT2D eigenvalue weighted by atomic mass is 16.5. The van der Waals surface area contributed by atoms with Crippen LogP contribution in [0.25, 0.3) is 89.2 Å². The summed E-state index contributed by atoms with van der Waals surface area (Å²) < 4.78 is 22.9. The largest absolute Gasteiger partial charge is 0.497 e. The zero-order valence-electron chi connectivity index (χ0n) is 70.9. The number of nitrogens with one attached hydrogen (secondary N) is 8. The Morgan fingerprint density at radius 1 is 0.419 bits per heavy atom. The van der Waals surface area contributed by atoms with Crippen molar-refractivity contribution in [1.82, 2.24) is 94.4 Å². The minimum absolute atomic E-state index is 0.0600. The zero-order chi connectivity index (χ0) is 87.0. The van der Waals surface area contributed by atoms with Crippen LogP contribution in [0.5, 0.6) is 23.0 Å². The van der Waals surface area contributed by atoms with Gasteiger partial charge in [0.15, 0.2) is 0 Å². The van der Waals surface area contributed by atoms with Gasteiger partial charge in [0.25, 0.3) is 17.7 Å². The van der Waals surface area contributed by atoms with Crippen LogP contribution in [0.3, 0.4) is 0 Å². The Morgan fingerprint density at radius 2 is 0.758 bits per heavy atom. The molecule has 0 radical (unpaired) electrons. The summed E-state index contributed by atoms with van der Waals surface area (Å²) in [5, 5.41) is 25.8. The van der Waals surface area contributed by atoms with Gasteiger partial charge in [-0.25, -0.2) is 39.9 Å². The van der Waals surface area contributed by atoms with Crippen LogP contribution in [-0.2, 0) is 0 Å². The predicted molar refractivity (Wildman–Crippen MR) is 482 cm³/mol. The van der Waals surface area contributed by atoms with Crippen molar-refractivity contribution in [3.8, 4) is 68.5 Å². The summed E-state index contributed by atoms with van der Waals surface area (Å²) in [6, 6.07) is 53.0. The Morgan fingerprint density at radius 3 is 1.11 bits per heavy atom. The molecule has 1 aliphatic rings. The molecule has 0 spiro atoms. The van der Waals surface area contributed by atoms with E-state index in [4.69, 9.17) is 24.1 Å². The van der Waals surface area contributed by atoms with Gasteiger partial charge in [0, 0.05) is 188 Å². The summed E-state index contributed by atoms with van der Waals surface area (Å²) in [4.78, 5) is 107. The molecule has 16 aromatic rings. The molecule has 1 fully saturated rings. The molecule has 632 valence electrons. The second kappa shape index (κ2) is 38.8. The van der Waals surface area contributed by atoms with E-state index in [0.29, 0.717) is 87.6 Å². The summed E-state index contributed by atoms with van der Waals surface area (Å²) in [5.41, 5.74) is 15.6. The molecule has 2 atom stereocenters. The van der Waals surface area contributed by atoms with Crippen molar-refractivity contribution < 1.29 is 38.4 Å². The predicted octanol–water partition coefficient (Wildman–Crippen LogP) is 17.2. The SMILES string of the molecule is CC1CCC(Oc2ccnc(-c3ccnc(Nc4ccc5[nH]c(C(=O)N(C)C)cc5c4)n3)c2)C1.CCC(C)(C)COc1ccnc(-c2ccnc(Nc3ccc4[nH]c(C(=O)N(C)C)cc4c3)n2)c1.CN(C)C(=O)c1cc2cc(Nc3nccc(-c4cc(OCCO)ccn4)n3)ccc2[nH]1.COc1ccnc(-c2ccnc(Nc3ccc4[nH]c(C)cc4c3)n2)c1. The van der Waals surface area contributed by atoms with Gasteiger partial charge >= 0.3 is 0 Å². The number of ether oxygens (including phenoxy) is 4. The molecule has 1 saturated carbocycles. The number of hydrogen-bond acceptors (Lipinski definition) is 24. The lowest BCUT2D eigenvalue weighted by Gasteiger charge is -2.22. The summed E-state index contributed by atoms with van der Waals surface area (Å²) in [5.74, 6) is 5.29. The number of pyridine rings is 4. The fraction of sp³-hybridized carbons (Fsp3) is 0.237. The number of methoxy groups -OCH3 is 1. The maximum atomic E-state index is 12.2. The topological polar surface area (TPSA) is 384 Å². The molecule has 12 aromatic heterocycles. The number of benzene rings is 4. The Kier molecular flexibility index (Phi) is 26.7. The minimum Gasteiger partial charge on any atom is -0.497 e. The van der Waals surface area contributed by atoms with Crippen LogP contribution in [0.1, 0.15) is 90.5 Å². The number of hydrogen-bond donors (Lipinski definition) is 9. The molecule has 0 bridgehead atoms. The number of aliphatic hydroxyl groups is 1. The average molecular weight is 1660 g/mol. The van der Waals surface area contributed by atoms with Gasteiger partial charge in [-0.15, -0.1) is 0 Å². The van der Waals surface area contributed by atoms with Crippen molar-refractivity contribution in [2.75, 3.05) is 90.5 Å². The van der Waals surface area contributed by atoms with E-state index in [9.17, 15) is 14.4 Å². The third kappa shape index (κ3) is 22.0. The second-order valence-electron chi connectivity index (χ2n) is 31.1. The highest BCUT2D eigenvalue weighted by Crippen LogP contribution is 2.34. The van der Waals surface area contributed by atoms with Gasteiger partial charge in [-0.3, -0.25) is 34.3 Å². The number of fused-ring (bicyclic) bond motifs is 4. The first-order valence-corrected chi connectivity index (χ1v) is 40.4. The van der Waals surface area contributed by atoms with Crippen LogP contribution in [-0.4, -0.2) is 193 Å². The van der Waals surface area contributed by atoms with Crippen molar-refractivity contribution in [3.63, 3.8) is 0 Å². The first kappa shape index (κ1) is 85.2. The Bertz CT molecular complexity index is 6440. The number of aryl methyl sites for hydroxylation is 1. The van der Waals surface area contributed by atoms with E-state index >= 15 is 0 Å². The van der Waals surface area contributed by atoms with Crippen molar-refractivity contribution in [3.05, 3.63) is 242 Å². The number of nitrogens with zero attached hydrogens (tertiary/aromatic N) is 15. The number of carbonyl (C=O) groups excluding carboxylic acids is 3. The highest BCUT2D eigenvalue weighted by molar-refractivity contribution is 6.01. The molecule has 1 aliphatic carbocycles. The number of aliphatic hydroxyl groups excluding tert-OH is 1. The molecule has 31 heteroatoms. The van der Waals surface area contributed by atoms with Gasteiger partial charge in [0.05, 0.1) is 72.0 Å². The number of amides is 3. The number of carbonyl (C=O) groups is 3. The van der Waals surface area contributed by atoms with Gasteiger partial charge in [0.1, 0.15) is 46.7 Å². The number of H-pyrrole nitrogens is 4. The lowest BCUT2D eigenvalue weighted by molar-refractivity contribution is 0.0816.